The minimum atomic E-state index is 0.577. The van der Waals surface area contributed by atoms with Gasteiger partial charge in [0.2, 0.25) is 0 Å². The van der Waals surface area contributed by atoms with Crippen LogP contribution in [0.3, 0.4) is 0 Å². The van der Waals surface area contributed by atoms with E-state index in [-0.39, 0.29) is 0 Å². The third-order valence-corrected chi connectivity index (χ3v) is 3.00. The lowest BCUT2D eigenvalue weighted by Gasteiger charge is -2.05. The Morgan fingerprint density at radius 3 is 2.77 bits per heavy atom. The highest BCUT2D eigenvalue weighted by atomic mass is 127. The standard InChI is InChI=1S/C11H11IO/c1-7(2)9-5-8-3-4-13-11(8)10(12)6-9/h3-7H,1-2H3. The first-order chi connectivity index (χ1) is 6.18. The highest BCUT2D eigenvalue weighted by molar-refractivity contribution is 14.1. The lowest BCUT2D eigenvalue weighted by molar-refractivity contribution is 0.613. The maximum atomic E-state index is 5.38. The lowest BCUT2D eigenvalue weighted by atomic mass is 10.0. The highest BCUT2D eigenvalue weighted by Crippen LogP contribution is 2.26. The van der Waals surface area contributed by atoms with E-state index in [0.717, 1.165) is 5.58 Å². The van der Waals surface area contributed by atoms with Gasteiger partial charge in [0.05, 0.1) is 9.83 Å². The van der Waals surface area contributed by atoms with Crippen LogP contribution in [0.2, 0.25) is 0 Å². The predicted octanol–water partition coefficient (Wildman–Crippen LogP) is 4.16. The van der Waals surface area contributed by atoms with Crippen molar-refractivity contribution in [1.82, 2.24) is 0 Å². The Balaban J connectivity index is 2.70. The van der Waals surface area contributed by atoms with E-state index < -0.39 is 0 Å². The molecule has 0 saturated carbocycles. The van der Waals surface area contributed by atoms with Gasteiger partial charge in [-0.25, -0.2) is 0 Å². The smallest absolute Gasteiger partial charge is 0.147 e. The van der Waals surface area contributed by atoms with Gasteiger partial charge in [-0.3, -0.25) is 0 Å². The second kappa shape index (κ2) is 3.33. The molecule has 0 N–H and O–H groups in total. The molecule has 13 heavy (non-hydrogen) atoms. The molecular weight excluding hydrogens is 275 g/mol. The summed E-state index contributed by atoms with van der Waals surface area (Å²) >= 11 is 2.32. The quantitative estimate of drug-likeness (QED) is 0.717. The summed E-state index contributed by atoms with van der Waals surface area (Å²) in [6.07, 6.45) is 1.75. The number of halogens is 1. The number of benzene rings is 1. The summed E-state index contributed by atoms with van der Waals surface area (Å²) in [6.45, 7) is 4.41. The molecule has 1 nitrogen and oxygen atoms in total. The summed E-state index contributed by atoms with van der Waals surface area (Å²) in [5, 5.41) is 1.20. The minimum Gasteiger partial charge on any atom is -0.463 e. The van der Waals surface area contributed by atoms with Gasteiger partial charge in [-0.15, -0.1) is 0 Å². The predicted molar refractivity (Wildman–Crippen MR) is 63.0 cm³/mol. The van der Waals surface area contributed by atoms with Crippen LogP contribution >= 0.6 is 22.6 Å². The molecule has 0 spiro atoms. The normalized spacial score (nSPS) is 11.4. The van der Waals surface area contributed by atoms with Crippen LogP contribution in [0.15, 0.2) is 28.9 Å². The van der Waals surface area contributed by atoms with Crippen LogP contribution in [-0.2, 0) is 0 Å². The van der Waals surface area contributed by atoms with Crippen molar-refractivity contribution in [3.63, 3.8) is 0 Å². The van der Waals surface area contributed by atoms with E-state index in [1.807, 2.05) is 6.07 Å². The van der Waals surface area contributed by atoms with E-state index in [1.165, 1.54) is 14.5 Å². The van der Waals surface area contributed by atoms with Gasteiger partial charge in [0.15, 0.2) is 0 Å². The summed E-state index contributed by atoms with van der Waals surface area (Å²) in [5.41, 5.74) is 2.38. The third-order valence-electron chi connectivity index (χ3n) is 2.19. The molecule has 1 heterocycles. The van der Waals surface area contributed by atoms with Gasteiger partial charge in [0.25, 0.3) is 0 Å². The van der Waals surface area contributed by atoms with E-state index in [4.69, 9.17) is 4.42 Å². The molecule has 1 aromatic heterocycles. The molecule has 0 aliphatic carbocycles. The molecule has 0 radical (unpaired) electrons. The molecule has 68 valence electrons. The van der Waals surface area contributed by atoms with Crippen LogP contribution in [0.4, 0.5) is 0 Å². The molecular formula is C11H11IO. The van der Waals surface area contributed by atoms with Gasteiger partial charge >= 0.3 is 0 Å². The molecule has 0 saturated heterocycles. The fraction of sp³-hybridized carbons (Fsp3) is 0.273. The van der Waals surface area contributed by atoms with Gasteiger partial charge in [-0.2, -0.15) is 0 Å². The molecule has 0 amide bonds. The van der Waals surface area contributed by atoms with E-state index >= 15 is 0 Å². The second-order valence-corrected chi connectivity index (χ2v) is 4.66. The van der Waals surface area contributed by atoms with Crippen LogP contribution in [0.1, 0.15) is 25.3 Å². The Hall–Kier alpha value is -0.510. The van der Waals surface area contributed by atoms with Crippen molar-refractivity contribution >= 4 is 33.6 Å². The fourth-order valence-electron chi connectivity index (χ4n) is 1.39. The average Bonchev–Trinajstić information content (AvgIpc) is 2.51. The Labute approximate surface area is 91.3 Å². The molecule has 0 fully saturated rings. The number of furan rings is 1. The van der Waals surface area contributed by atoms with Crippen molar-refractivity contribution < 1.29 is 4.42 Å². The SMILES string of the molecule is CC(C)c1cc(I)c2occc2c1. The summed E-state index contributed by atoms with van der Waals surface area (Å²) < 4.78 is 6.57. The zero-order chi connectivity index (χ0) is 9.42. The number of hydrogen-bond donors (Lipinski definition) is 0. The minimum absolute atomic E-state index is 0.577. The average molecular weight is 286 g/mol. The fourth-order valence-corrected chi connectivity index (χ4v) is 2.19. The molecule has 0 bridgehead atoms. The molecule has 0 aliphatic rings. The van der Waals surface area contributed by atoms with Crippen LogP contribution in [0, 0.1) is 3.57 Å². The van der Waals surface area contributed by atoms with E-state index in [1.54, 1.807) is 6.26 Å². The lowest BCUT2D eigenvalue weighted by Crippen LogP contribution is -1.87. The first kappa shape index (κ1) is 9.06. The second-order valence-electron chi connectivity index (χ2n) is 3.50. The Morgan fingerprint density at radius 1 is 1.31 bits per heavy atom. The van der Waals surface area contributed by atoms with E-state index in [9.17, 15) is 0 Å². The summed E-state index contributed by atoms with van der Waals surface area (Å²) in [7, 11) is 0. The topological polar surface area (TPSA) is 13.1 Å². The zero-order valence-electron chi connectivity index (χ0n) is 7.67. The van der Waals surface area contributed by atoms with Crippen molar-refractivity contribution in [1.29, 1.82) is 0 Å². The van der Waals surface area contributed by atoms with Crippen LogP contribution in [-0.4, -0.2) is 0 Å². The van der Waals surface area contributed by atoms with Gasteiger partial charge in [-0.1, -0.05) is 13.8 Å². The van der Waals surface area contributed by atoms with Gasteiger partial charge < -0.3 is 4.42 Å². The molecule has 0 unspecified atom stereocenters. The summed E-state index contributed by atoms with van der Waals surface area (Å²) in [5.74, 6) is 0.577. The van der Waals surface area contributed by atoms with Crippen molar-refractivity contribution in [3.8, 4) is 0 Å². The molecule has 0 aliphatic heterocycles. The number of fused-ring (bicyclic) bond motifs is 1. The van der Waals surface area contributed by atoms with Crippen LogP contribution < -0.4 is 0 Å². The maximum absolute atomic E-state index is 5.38. The van der Waals surface area contributed by atoms with Crippen molar-refractivity contribution in [3.05, 3.63) is 33.6 Å². The Morgan fingerprint density at radius 2 is 2.08 bits per heavy atom. The van der Waals surface area contributed by atoms with Gasteiger partial charge in [-0.05, 0) is 52.3 Å². The maximum Gasteiger partial charge on any atom is 0.147 e. The van der Waals surface area contributed by atoms with Gasteiger partial charge in [0, 0.05) is 5.39 Å². The third kappa shape index (κ3) is 1.59. The molecule has 2 aromatic rings. The molecule has 1 aromatic carbocycles. The van der Waals surface area contributed by atoms with Gasteiger partial charge in [0.1, 0.15) is 5.58 Å². The number of rotatable bonds is 1. The molecule has 0 atom stereocenters. The largest absolute Gasteiger partial charge is 0.463 e. The Bertz CT molecular complexity index is 429. The van der Waals surface area contributed by atoms with Crippen LogP contribution in [0.25, 0.3) is 11.0 Å². The summed E-state index contributed by atoms with van der Waals surface area (Å²) in [6, 6.07) is 6.41. The summed E-state index contributed by atoms with van der Waals surface area (Å²) in [4.78, 5) is 0. The molecule has 2 heteroatoms. The van der Waals surface area contributed by atoms with E-state index in [2.05, 4.69) is 48.6 Å². The highest BCUT2D eigenvalue weighted by Gasteiger charge is 2.06. The van der Waals surface area contributed by atoms with Crippen molar-refractivity contribution in [2.45, 2.75) is 19.8 Å². The number of hydrogen-bond acceptors (Lipinski definition) is 1. The monoisotopic (exact) mass is 286 g/mol. The van der Waals surface area contributed by atoms with Crippen LogP contribution in [0.5, 0.6) is 0 Å². The Kier molecular flexibility index (Phi) is 2.32. The first-order valence-electron chi connectivity index (χ1n) is 4.35. The zero-order valence-corrected chi connectivity index (χ0v) is 9.83. The first-order valence-corrected chi connectivity index (χ1v) is 5.43. The van der Waals surface area contributed by atoms with Crippen molar-refractivity contribution in [2.24, 2.45) is 0 Å². The van der Waals surface area contributed by atoms with Crippen molar-refractivity contribution in [2.75, 3.05) is 0 Å². The molecule has 2 rings (SSSR count). The van der Waals surface area contributed by atoms with E-state index in [0.29, 0.717) is 5.92 Å².